The van der Waals surface area contributed by atoms with Crippen molar-refractivity contribution in [3.8, 4) is 11.5 Å². The highest BCUT2D eigenvalue weighted by molar-refractivity contribution is 5.50. The van der Waals surface area contributed by atoms with Crippen molar-refractivity contribution < 1.29 is 9.47 Å². The zero-order valence-electron chi connectivity index (χ0n) is 12.2. The number of ether oxygens (including phenoxy) is 2. The molecule has 0 spiro atoms. The van der Waals surface area contributed by atoms with Gasteiger partial charge in [0.25, 0.3) is 0 Å². The fourth-order valence-electron chi connectivity index (χ4n) is 3.65. The van der Waals surface area contributed by atoms with E-state index in [1.54, 1.807) is 7.11 Å². The van der Waals surface area contributed by atoms with E-state index in [9.17, 15) is 0 Å². The van der Waals surface area contributed by atoms with Gasteiger partial charge < -0.3 is 9.47 Å². The van der Waals surface area contributed by atoms with E-state index in [0.29, 0.717) is 11.8 Å². The summed E-state index contributed by atoms with van der Waals surface area (Å²) in [5.74, 6) is 3.01. The summed E-state index contributed by atoms with van der Waals surface area (Å²) in [6.07, 6.45) is 4.58. The first kappa shape index (κ1) is 12.6. The van der Waals surface area contributed by atoms with Gasteiger partial charge in [-0.25, -0.2) is 0 Å². The molecule has 0 saturated carbocycles. The van der Waals surface area contributed by atoms with Crippen LogP contribution in [0.4, 0.5) is 0 Å². The van der Waals surface area contributed by atoms with Crippen LogP contribution < -0.4 is 9.47 Å². The maximum Gasteiger partial charge on any atom is 0.127 e. The Morgan fingerprint density at radius 3 is 2.84 bits per heavy atom. The van der Waals surface area contributed by atoms with Crippen LogP contribution in [0.2, 0.25) is 0 Å². The zero-order valence-corrected chi connectivity index (χ0v) is 12.2. The average Bonchev–Trinajstić information content (AvgIpc) is 2.36. The molecule has 3 rings (SSSR count). The molecule has 2 nitrogen and oxygen atoms in total. The first-order valence-electron chi connectivity index (χ1n) is 7.04. The zero-order chi connectivity index (χ0) is 13.6. The predicted molar refractivity (Wildman–Crippen MR) is 76.9 cm³/mol. The summed E-state index contributed by atoms with van der Waals surface area (Å²) in [6, 6.07) is 6.13. The highest BCUT2D eigenvalue weighted by atomic mass is 16.5. The number of rotatable bonds is 1. The summed E-state index contributed by atoms with van der Waals surface area (Å²) in [6.45, 7) is 6.65. The maximum atomic E-state index is 6.26. The summed E-state index contributed by atoms with van der Waals surface area (Å²) in [7, 11) is 1.75. The van der Waals surface area contributed by atoms with Crippen LogP contribution in [0.1, 0.15) is 45.1 Å². The molecule has 2 atom stereocenters. The van der Waals surface area contributed by atoms with Gasteiger partial charge in [-0.15, -0.1) is 0 Å². The summed E-state index contributed by atoms with van der Waals surface area (Å²) in [5, 5.41) is 0. The highest BCUT2D eigenvalue weighted by Crippen LogP contribution is 2.53. The normalized spacial score (nSPS) is 27.7. The van der Waals surface area contributed by atoms with Gasteiger partial charge in [-0.1, -0.05) is 17.7 Å². The fourth-order valence-corrected chi connectivity index (χ4v) is 3.65. The molecule has 1 aliphatic carbocycles. The Bertz CT molecular complexity index is 528. The van der Waals surface area contributed by atoms with Gasteiger partial charge in [-0.05, 0) is 45.7 Å². The largest absolute Gasteiger partial charge is 0.496 e. The van der Waals surface area contributed by atoms with E-state index in [-0.39, 0.29) is 5.60 Å². The lowest BCUT2D eigenvalue weighted by atomic mass is 9.67. The van der Waals surface area contributed by atoms with Gasteiger partial charge >= 0.3 is 0 Å². The smallest absolute Gasteiger partial charge is 0.127 e. The molecule has 1 aliphatic heterocycles. The molecule has 0 aromatic heterocycles. The second kappa shape index (κ2) is 4.29. The Labute approximate surface area is 115 Å². The van der Waals surface area contributed by atoms with Gasteiger partial charge in [0.1, 0.15) is 17.1 Å². The molecular weight excluding hydrogens is 236 g/mol. The van der Waals surface area contributed by atoms with E-state index in [0.717, 1.165) is 24.3 Å². The van der Waals surface area contributed by atoms with Gasteiger partial charge in [0.15, 0.2) is 0 Å². The van der Waals surface area contributed by atoms with Gasteiger partial charge in [0.2, 0.25) is 0 Å². The molecule has 2 aliphatic rings. The number of methoxy groups -OCH3 is 1. The molecule has 0 fully saturated rings. The van der Waals surface area contributed by atoms with Crippen LogP contribution in [-0.4, -0.2) is 12.7 Å². The van der Waals surface area contributed by atoms with Crippen LogP contribution >= 0.6 is 0 Å². The van der Waals surface area contributed by atoms with Gasteiger partial charge in [0, 0.05) is 17.4 Å². The molecule has 1 aromatic carbocycles. The molecule has 0 unspecified atom stereocenters. The van der Waals surface area contributed by atoms with Crippen LogP contribution in [0.25, 0.3) is 0 Å². The van der Waals surface area contributed by atoms with E-state index in [1.807, 2.05) is 12.1 Å². The highest BCUT2D eigenvalue weighted by Gasteiger charge is 2.45. The van der Waals surface area contributed by atoms with Crippen molar-refractivity contribution in [2.24, 2.45) is 5.92 Å². The number of allylic oxidation sites excluding steroid dienone is 2. The molecule has 1 aromatic rings. The van der Waals surface area contributed by atoms with Gasteiger partial charge in [-0.2, -0.15) is 0 Å². The van der Waals surface area contributed by atoms with Crippen LogP contribution in [0, 0.1) is 5.92 Å². The molecule has 0 amide bonds. The minimum absolute atomic E-state index is 0.110. The average molecular weight is 258 g/mol. The molecule has 19 heavy (non-hydrogen) atoms. The van der Waals surface area contributed by atoms with Crippen LogP contribution in [0.15, 0.2) is 29.8 Å². The molecule has 0 radical (unpaired) electrons. The minimum Gasteiger partial charge on any atom is -0.496 e. The lowest BCUT2D eigenvalue weighted by Crippen LogP contribution is -2.45. The Kier molecular flexibility index (Phi) is 2.84. The van der Waals surface area contributed by atoms with Crippen LogP contribution in [0.5, 0.6) is 11.5 Å². The van der Waals surface area contributed by atoms with Crippen molar-refractivity contribution in [3.63, 3.8) is 0 Å². The monoisotopic (exact) mass is 258 g/mol. The van der Waals surface area contributed by atoms with Gasteiger partial charge in [-0.3, -0.25) is 0 Å². The molecule has 1 heterocycles. The number of hydrogen-bond donors (Lipinski definition) is 0. The number of hydrogen-bond acceptors (Lipinski definition) is 2. The predicted octanol–water partition coefficient (Wildman–Crippen LogP) is 4.31. The van der Waals surface area contributed by atoms with Crippen molar-refractivity contribution in [2.75, 3.05) is 7.11 Å². The van der Waals surface area contributed by atoms with Crippen molar-refractivity contribution in [2.45, 2.75) is 45.1 Å². The molecular formula is C17H22O2. The van der Waals surface area contributed by atoms with Crippen molar-refractivity contribution in [3.05, 3.63) is 35.4 Å². The molecule has 0 saturated heterocycles. The summed E-state index contributed by atoms with van der Waals surface area (Å²) >= 11 is 0. The Morgan fingerprint density at radius 1 is 1.32 bits per heavy atom. The number of fused-ring (bicyclic) bond motifs is 3. The SMILES string of the molecule is COc1cccc2c1[C@@H]1CC(C)=CC[C@H]1C(C)(C)O2. The third-order valence-corrected chi connectivity index (χ3v) is 4.63. The summed E-state index contributed by atoms with van der Waals surface area (Å²) in [4.78, 5) is 0. The lowest BCUT2D eigenvalue weighted by molar-refractivity contribution is 0.00758. The third kappa shape index (κ3) is 1.94. The van der Waals surface area contributed by atoms with E-state index in [1.165, 1.54) is 11.1 Å². The first-order valence-corrected chi connectivity index (χ1v) is 7.04. The Morgan fingerprint density at radius 2 is 2.11 bits per heavy atom. The van der Waals surface area contributed by atoms with E-state index >= 15 is 0 Å². The third-order valence-electron chi connectivity index (χ3n) is 4.63. The summed E-state index contributed by atoms with van der Waals surface area (Å²) in [5.41, 5.74) is 2.64. The first-order chi connectivity index (χ1) is 9.03. The lowest BCUT2D eigenvalue weighted by Gasteiger charge is -2.47. The van der Waals surface area contributed by atoms with E-state index < -0.39 is 0 Å². The fraction of sp³-hybridized carbons (Fsp3) is 0.529. The molecule has 0 N–H and O–H groups in total. The molecule has 102 valence electrons. The van der Waals surface area contributed by atoms with E-state index in [4.69, 9.17) is 9.47 Å². The summed E-state index contributed by atoms with van der Waals surface area (Å²) < 4.78 is 11.8. The standard InChI is InChI=1S/C17H22O2/c1-11-8-9-13-12(10-11)16-14(18-4)6-5-7-15(16)19-17(13,2)3/h5-8,12-13H,9-10H2,1-4H3/t12-,13-/m1/s1. The molecule has 2 heteroatoms. The van der Waals surface area contributed by atoms with Gasteiger partial charge in [0.05, 0.1) is 7.11 Å². The Balaban J connectivity index is 2.15. The topological polar surface area (TPSA) is 18.5 Å². The van der Waals surface area contributed by atoms with Crippen molar-refractivity contribution in [1.82, 2.24) is 0 Å². The number of benzene rings is 1. The van der Waals surface area contributed by atoms with Crippen LogP contribution in [-0.2, 0) is 0 Å². The minimum atomic E-state index is -0.110. The van der Waals surface area contributed by atoms with E-state index in [2.05, 4.69) is 32.9 Å². The van der Waals surface area contributed by atoms with Crippen molar-refractivity contribution in [1.29, 1.82) is 0 Å². The Hall–Kier alpha value is -1.44. The quantitative estimate of drug-likeness (QED) is 0.699. The van der Waals surface area contributed by atoms with Crippen molar-refractivity contribution >= 4 is 0 Å². The van der Waals surface area contributed by atoms with Crippen LogP contribution in [0.3, 0.4) is 0 Å². The maximum absolute atomic E-state index is 6.26. The second-order valence-corrected chi connectivity index (χ2v) is 6.28. The second-order valence-electron chi connectivity index (χ2n) is 6.28. The molecule has 0 bridgehead atoms.